The van der Waals surface area contributed by atoms with Gasteiger partial charge in [0.1, 0.15) is 6.04 Å². The second-order valence-corrected chi connectivity index (χ2v) is 4.31. The number of anilines is 2. The molecule has 2 rings (SSSR count). The molecule has 0 bridgehead atoms. The van der Waals surface area contributed by atoms with Crippen LogP contribution in [0.5, 0.6) is 0 Å². The number of aromatic nitrogens is 1. The highest BCUT2D eigenvalue weighted by molar-refractivity contribution is 5.89. The number of nitrogen functional groups attached to an aromatic ring is 1. The molecule has 108 valence electrons. The topological polar surface area (TPSA) is 118 Å². The Morgan fingerprint density at radius 2 is 2.30 bits per heavy atom. The van der Waals surface area contributed by atoms with Crippen LogP contribution in [-0.4, -0.2) is 54.8 Å². The number of carbonyl (C=O) groups is 2. The number of ether oxygens (including phenoxy) is 1. The number of rotatable bonds is 3. The molecule has 8 heteroatoms. The molecule has 4 N–H and O–H groups in total. The molecule has 8 nitrogen and oxygen atoms in total. The number of hydrogen-bond donors (Lipinski definition) is 3. The maximum Gasteiger partial charge on any atom is 0.354 e. The van der Waals surface area contributed by atoms with Crippen molar-refractivity contribution in [2.75, 3.05) is 37.4 Å². The van der Waals surface area contributed by atoms with Crippen molar-refractivity contribution < 1.29 is 19.4 Å². The molecule has 0 spiro atoms. The van der Waals surface area contributed by atoms with Crippen LogP contribution in [0, 0.1) is 0 Å². The Balaban J connectivity index is 2.39. The van der Waals surface area contributed by atoms with E-state index in [1.54, 1.807) is 4.90 Å². The molecule has 1 saturated heterocycles. The van der Waals surface area contributed by atoms with Crippen molar-refractivity contribution in [1.82, 2.24) is 10.3 Å². The maximum absolute atomic E-state index is 11.9. The van der Waals surface area contributed by atoms with Crippen LogP contribution in [0.4, 0.5) is 11.5 Å². The molecule has 1 aromatic rings. The molecule has 1 unspecified atom stereocenters. The van der Waals surface area contributed by atoms with E-state index in [0.717, 1.165) is 0 Å². The first-order valence-electron chi connectivity index (χ1n) is 6.10. The fourth-order valence-corrected chi connectivity index (χ4v) is 2.05. The summed E-state index contributed by atoms with van der Waals surface area (Å²) in [6.07, 6.45) is 0. The van der Waals surface area contributed by atoms with E-state index in [4.69, 9.17) is 15.6 Å². The van der Waals surface area contributed by atoms with E-state index in [0.29, 0.717) is 24.7 Å². The summed E-state index contributed by atoms with van der Waals surface area (Å²) in [5, 5.41) is 11.5. The lowest BCUT2D eigenvalue weighted by Gasteiger charge is -2.35. The smallest absolute Gasteiger partial charge is 0.354 e. The van der Waals surface area contributed by atoms with Gasteiger partial charge in [0.15, 0.2) is 11.5 Å². The van der Waals surface area contributed by atoms with Crippen molar-refractivity contribution in [2.45, 2.75) is 6.04 Å². The van der Waals surface area contributed by atoms with Crippen molar-refractivity contribution >= 4 is 23.4 Å². The molecule has 1 aliphatic rings. The lowest BCUT2D eigenvalue weighted by molar-refractivity contribution is -0.124. The molecule has 0 aliphatic carbocycles. The molecule has 20 heavy (non-hydrogen) atoms. The first kappa shape index (κ1) is 14.1. The number of carboxylic acids is 1. The fraction of sp³-hybridized carbons (Fsp3) is 0.417. The van der Waals surface area contributed by atoms with Crippen LogP contribution in [-0.2, 0) is 9.53 Å². The average molecular weight is 280 g/mol. The summed E-state index contributed by atoms with van der Waals surface area (Å²) in [4.78, 5) is 28.6. The van der Waals surface area contributed by atoms with Crippen LogP contribution in [0.3, 0.4) is 0 Å². The van der Waals surface area contributed by atoms with Crippen LogP contribution < -0.4 is 16.0 Å². The van der Waals surface area contributed by atoms with Gasteiger partial charge in [-0.2, -0.15) is 0 Å². The van der Waals surface area contributed by atoms with E-state index in [2.05, 4.69) is 10.3 Å². The molecule has 1 aliphatic heterocycles. The number of amides is 1. The third-order valence-corrected chi connectivity index (χ3v) is 3.07. The van der Waals surface area contributed by atoms with E-state index in [1.165, 1.54) is 19.2 Å². The second kappa shape index (κ2) is 5.74. The highest BCUT2D eigenvalue weighted by Crippen LogP contribution is 2.24. The number of aromatic carboxylic acids is 1. The second-order valence-electron chi connectivity index (χ2n) is 4.31. The zero-order valence-corrected chi connectivity index (χ0v) is 11.0. The highest BCUT2D eigenvalue weighted by atomic mass is 16.5. The molecule has 2 heterocycles. The van der Waals surface area contributed by atoms with Crippen molar-refractivity contribution in [3.63, 3.8) is 0 Å². The molecule has 0 aromatic carbocycles. The summed E-state index contributed by atoms with van der Waals surface area (Å²) in [7, 11) is 1.53. The number of nitrogens with zero attached hydrogens (tertiary/aromatic N) is 2. The predicted molar refractivity (Wildman–Crippen MR) is 71.6 cm³/mol. The van der Waals surface area contributed by atoms with Gasteiger partial charge >= 0.3 is 5.97 Å². The van der Waals surface area contributed by atoms with Crippen LogP contribution in [0.25, 0.3) is 0 Å². The number of nitrogens with two attached hydrogens (primary N) is 1. The first-order valence-corrected chi connectivity index (χ1v) is 6.10. The number of hydrogen-bond acceptors (Lipinski definition) is 6. The van der Waals surface area contributed by atoms with Crippen molar-refractivity contribution in [2.24, 2.45) is 0 Å². The molecule has 0 saturated carbocycles. The van der Waals surface area contributed by atoms with Gasteiger partial charge in [0, 0.05) is 13.6 Å². The van der Waals surface area contributed by atoms with E-state index in [-0.39, 0.29) is 18.2 Å². The fourth-order valence-electron chi connectivity index (χ4n) is 2.05. The predicted octanol–water partition coefficient (Wildman–Crippen LogP) is -0.687. The van der Waals surface area contributed by atoms with Gasteiger partial charge < -0.3 is 25.8 Å². The molecule has 0 radical (unpaired) electrons. The number of morpholine rings is 1. The van der Waals surface area contributed by atoms with E-state index in [9.17, 15) is 9.59 Å². The minimum Gasteiger partial charge on any atom is -0.477 e. The maximum atomic E-state index is 11.9. The van der Waals surface area contributed by atoms with Crippen LogP contribution in [0.2, 0.25) is 0 Å². The van der Waals surface area contributed by atoms with Gasteiger partial charge in [0.25, 0.3) is 0 Å². The standard InChI is InChI=1S/C12H16N4O4/c1-14-11(17)9-6-20-5-4-16(9)10-7(13)2-3-8(15-10)12(18)19/h2-3,9H,4-6,13H2,1H3,(H,14,17)(H,18,19). The number of carboxylic acid groups (broad SMARTS) is 1. The molecular weight excluding hydrogens is 264 g/mol. The Kier molecular flexibility index (Phi) is 4.04. The number of carbonyl (C=O) groups excluding carboxylic acids is 1. The number of likely N-dealkylation sites (N-methyl/N-ethyl adjacent to an activating group) is 1. The third-order valence-electron chi connectivity index (χ3n) is 3.07. The van der Waals surface area contributed by atoms with Crippen molar-refractivity contribution in [3.05, 3.63) is 17.8 Å². The number of pyridine rings is 1. The Hall–Kier alpha value is -2.35. The van der Waals surface area contributed by atoms with E-state index in [1.807, 2.05) is 0 Å². The summed E-state index contributed by atoms with van der Waals surface area (Å²) in [6.45, 7) is 1.04. The minimum absolute atomic E-state index is 0.114. The summed E-state index contributed by atoms with van der Waals surface area (Å²) in [5.41, 5.74) is 6.06. The van der Waals surface area contributed by atoms with Crippen molar-refractivity contribution in [3.8, 4) is 0 Å². The Labute approximate surface area is 115 Å². The van der Waals surface area contributed by atoms with Crippen LogP contribution in [0.1, 0.15) is 10.5 Å². The summed E-state index contributed by atoms with van der Waals surface area (Å²) in [6, 6.07) is 2.23. The monoisotopic (exact) mass is 280 g/mol. The number of nitrogens with one attached hydrogen (secondary N) is 1. The highest BCUT2D eigenvalue weighted by Gasteiger charge is 2.31. The van der Waals surface area contributed by atoms with Crippen LogP contribution in [0.15, 0.2) is 12.1 Å². The Morgan fingerprint density at radius 3 is 2.95 bits per heavy atom. The largest absolute Gasteiger partial charge is 0.477 e. The van der Waals surface area contributed by atoms with Gasteiger partial charge in [-0.25, -0.2) is 9.78 Å². The van der Waals surface area contributed by atoms with Gasteiger partial charge in [-0.15, -0.1) is 0 Å². The molecule has 1 aromatic heterocycles. The summed E-state index contributed by atoms with van der Waals surface area (Å²) >= 11 is 0. The zero-order valence-electron chi connectivity index (χ0n) is 11.0. The van der Waals surface area contributed by atoms with E-state index >= 15 is 0 Å². The van der Waals surface area contributed by atoms with Gasteiger partial charge in [0.2, 0.25) is 5.91 Å². The quantitative estimate of drug-likeness (QED) is 0.671. The Morgan fingerprint density at radius 1 is 1.55 bits per heavy atom. The minimum atomic E-state index is -1.14. The van der Waals surface area contributed by atoms with Gasteiger partial charge in [-0.05, 0) is 12.1 Å². The van der Waals surface area contributed by atoms with E-state index < -0.39 is 12.0 Å². The van der Waals surface area contributed by atoms with Gasteiger partial charge in [0.05, 0.1) is 18.9 Å². The normalized spacial score (nSPS) is 18.6. The van der Waals surface area contributed by atoms with Crippen LogP contribution >= 0.6 is 0 Å². The average Bonchev–Trinajstić information content (AvgIpc) is 2.46. The lowest BCUT2D eigenvalue weighted by Crippen LogP contribution is -2.54. The first-order chi connectivity index (χ1) is 9.54. The zero-order chi connectivity index (χ0) is 14.7. The molecular formula is C12H16N4O4. The summed E-state index contributed by atoms with van der Waals surface area (Å²) in [5.74, 6) is -1.08. The van der Waals surface area contributed by atoms with Gasteiger partial charge in [-0.3, -0.25) is 4.79 Å². The lowest BCUT2D eigenvalue weighted by atomic mass is 10.2. The Bertz CT molecular complexity index is 534. The van der Waals surface area contributed by atoms with Gasteiger partial charge in [-0.1, -0.05) is 0 Å². The summed E-state index contributed by atoms with van der Waals surface area (Å²) < 4.78 is 5.29. The SMILES string of the molecule is CNC(=O)C1COCCN1c1nc(C(=O)O)ccc1N. The molecule has 1 atom stereocenters. The molecule has 1 fully saturated rings. The molecule has 1 amide bonds. The van der Waals surface area contributed by atoms with Crippen molar-refractivity contribution in [1.29, 1.82) is 0 Å². The third kappa shape index (κ3) is 2.64.